The lowest BCUT2D eigenvalue weighted by Crippen LogP contribution is -2.40. The summed E-state index contributed by atoms with van der Waals surface area (Å²) in [6.07, 6.45) is 1.82. The van der Waals surface area contributed by atoms with E-state index in [1.54, 1.807) is 0 Å². The molecule has 0 saturated heterocycles. The van der Waals surface area contributed by atoms with Gasteiger partial charge in [-0.05, 0) is 18.1 Å². The number of carbonyl (C=O) groups is 1. The first-order valence-corrected chi connectivity index (χ1v) is 5.22. The Morgan fingerprint density at radius 1 is 1.53 bits per heavy atom. The third kappa shape index (κ3) is 2.05. The molecule has 1 heterocycles. The number of benzene rings is 1. The van der Waals surface area contributed by atoms with Crippen molar-refractivity contribution in [2.75, 3.05) is 18.0 Å². The summed E-state index contributed by atoms with van der Waals surface area (Å²) in [7, 11) is 0.410. The fraction of sp³-hybridized carbons (Fsp3) is 0.364. The summed E-state index contributed by atoms with van der Waals surface area (Å²) in [5, 5.41) is 9.19. The monoisotopic (exact) mass is 203 g/mol. The molecule has 0 spiro atoms. The molecule has 0 aliphatic carbocycles. The fourth-order valence-corrected chi connectivity index (χ4v) is 2.16. The van der Waals surface area contributed by atoms with E-state index in [1.807, 2.05) is 23.0 Å². The summed E-state index contributed by atoms with van der Waals surface area (Å²) in [5.74, 6) is 0.250. The highest BCUT2D eigenvalue weighted by Crippen LogP contribution is 2.28. The van der Waals surface area contributed by atoms with Crippen LogP contribution in [0.3, 0.4) is 0 Å². The smallest absolute Gasteiger partial charge is 0.310 e. The van der Waals surface area contributed by atoms with Gasteiger partial charge in [-0.1, -0.05) is 18.2 Å². The van der Waals surface area contributed by atoms with E-state index in [2.05, 4.69) is 6.07 Å². The highest BCUT2D eigenvalue weighted by atomic mass is 16.3. The van der Waals surface area contributed by atoms with Crippen LogP contribution in [0.15, 0.2) is 24.3 Å². The number of anilines is 1. The van der Waals surface area contributed by atoms with E-state index < -0.39 is 0 Å². The topological polar surface area (TPSA) is 40.5 Å². The van der Waals surface area contributed by atoms with Crippen LogP contribution in [0.5, 0.6) is 0 Å². The van der Waals surface area contributed by atoms with Crippen LogP contribution >= 0.6 is 0 Å². The average Bonchev–Trinajstić information content (AvgIpc) is 2.29. The maximum atomic E-state index is 10.6. The van der Waals surface area contributed by atoms with Gasteiger partial charge < -0.3 is 14.7 Å². The molecule has 15 heavy (non-hydrogen) atoms. The molecule has 0 amide bonds. The number of aliphatic hydroxyl groups is 1. The second kappa shape index (κ2) is 4.49. The summed E-state index contributed by atoms with van der Waals surface area (Å²) in [6, 6.07) is 8.08. The number of para-hydroxylation sites is 1. The van der Waals surface area contributed by atoms with Gasteiger partial charge in [-0.25, -0.2) is 0 Å². The first kappa shape index (κ1) is 10.2. The third-order valence-corrected chi connectivity index (χ3v) is 2.87. The molecule has 1 aliphatic rings. The molecule has 0 fully saturated rings. The van der Waals surface area contributed by atoms with E-state index in [1.165, 1.54) is 5.56 Å². The molecular weight excluding hydrogens is 189 g/mol. The van der Waals surface area contributed by atoms with Gasteiger partial charge in [-0.15, -0.1) is 0 Å². The van der Waals surface area contributed by atoms with Crippen molar-refractivity contribution in [1.82, 2.24) is 0 Å². The van der Waals surface area contributed by atoms with E-state index in [0.717, 1.165) is 24.8 Å². The van der Waals surface area contributed by atoms with Gasteiger partial charge in [-0.3, -0.25) is 0 Å². The predicted octanol–water partition coefficient (Wildman–Crippen LogP) is 0.199. The van der Waals surface area contributed by atoms with Gasteiger partial charge in [0.05, 0.1) is 0 Å². The fourth-order valence-electron chi connectivity index (χ4n) is 2.16. The van der Waals surface area contributed by atoms with Crippen molar-refractivity contribution in [3.8, 4) is 0 Å². The van der Waals surface area contributed by atoms with Crippen LogP contribution in [0, 0.1) is 5.92 Å². The molecule has 4 heteroatoms. The molecule has 1 aliphatic heterocycles. The Kier molecular flexibility index (Phi) is 3.06. The van der Waals surface area contributed by atoms with Crippen molar-refractivity contribution in [3.05, 3.63) is 29.8 Å². The van der Waals surface area contributed by atoms with Crippen molar-refractivity contribution in [2.45, 2.75) is 6.42 Å². The Balaban J connectivity index is 2.29. The first-order valence-electron chi connectivity index (χ1n) is 5.22. The van der Waals surface area contributed by atoms with Crippen LogP contribution in [0.1, 0.15) is 5.56 Å². The van der Waals surface area contributed by atoms with Crippen LogP contribution < -0.4 is 4.81 Å². The Labute approximate surface area is 90.0 Å². The number of hydrogen-bond acceptors (Lipinski definition) is 3. The Hall–Kier alpha value is -1.29. The molecule has 1 aromatic rings. The van der Waals surface area contributed by atoms with Gasteiger partial charge >= 0.3 is 7.41 Å². The Bertz CT molecular complexity index is 356. The standard InChI is InChI=1S/C11H14BNO2/c14-7-9-5-10-3-1-2-4-11(10)13(6-9)12-8-15/h1-4,8-9,12,14H,5-7H2/t9-/m0/s1. The van der Waals surface area contributed by atoms with Crippen molar-refractivity contribution in [2.24, 2.45) is 5.92 Å². The lowest BCUT2D eigenvalue weighted by molar-refractivity contribution is 0.227. The van der Waals surface area contributed by atoms with E-state index >= 15 is 0 Å². The zero-order valence-electron chi connectivity index (χ0n) is 8.60. The molecule has 1 aromatic carbocycles. The Morgan fingerprint density at radius 2 is 2.33 bits per heavy atom. The minimum absolute atomic E-state index is 0.184. The third-order valence-electron chi connectivity index (χ3n) is 2.87. The molecule has 0 radical (unpaired) electrons. The van der Waals surface area contributed by atoms with E-state index in [4.69, 9.17) is 0 Å². The van der Waals surface area contributed by atoms with Gasteiger partial charge in [0.1, 0.15) is 6.19 Å². The van der Waals surface area contributed by atoms with Crippen LogP contribution in [-0.4, -0.2) is 31.9 Å². The van der Waals surface area contributed by atoms with Crippen LogP contribution in [-0.2, 0) is 11.2 Å². The number of fused-ring (bicyclic) bond motifs is 1. The van der Waals surface area contributed by atoms with E-state index in [9.17, 15) is 9.90 Å². The largest absolute Gasteiger partial charge is 0.411 e. The zero-order valence-corrected chi connectivity index (χ0v) is 8.60. The second-order valence-electron chi connectivity index (χ2n) is 3.95. The number of nitrogens with zero attached hydrogens (tertiary/aromatic N) is 1. The van der Waals surface area contributed by atoms with Gasteiger partial charge in [0, 0.05) is 24.8 Å². The summed E-state index contributed by atoms with van der Waals surface area (Å²) in [4.78, 5) is 12.6. The molecule has 0 saturated carbocycles. The van der Waals surface area contributed by atoms with E-state index in [-0.39, 0.29) is 12.5 Å². The van der Waals surface area contributed by atoms with Crippen LogP contribution in [0.4, 0.5) is 5.69 Å². The van der Waals surface area contributed by atoms with Gasteiger partial charge in [-0.2, -0.15) is 0 Å². The summed E-state index contributed by atoms with van der Waals surface area (Å²) in [6.45, 7) is 0.954. The molecule has 0 bridgehead atoms. The highest BCUT2D eigenvalue weighted by molar-refractivity contribution is 6.70. The van der Waals surface area contributed by atoms with Gasteiger partial charge in [0.15, 0.2) is 0 Å². The molecule has 2 rings (SSSR count). The Morgan fingerprint density at radius 3 is 3.07 bits per heavy atom. The van der Waals surface area contributed by atoms with Crippen molar-refractivity contribution >= 4 is 19.3 Å². The second-order valence-corrected chi connectivity index (χ2v) is 3.95. The summed E-state index contributed by atoms with van der Waals surface area (Å²) < 4.78 is 0. The maximum Gasteiger partial charge on any atom is 0.310 e. The van der Waals surface area contributed by atoms with E-state index in [0.29, 0.717) is 7.41 Å². The molecule has 0 unspecified atom stereocenters. The number of hydrogen-bond donors (Lipinski definition) is 1. The average molecular weight is 203 g/mol. The van der Waals surface area contributed by atoms with Gasteiger partial charge in [0.2, 0.25) is 0 Å². The lowest BCUT2D eigenvalue weighted by atomic mass is 9.84. The molecule has 1 atom stereocenters. The maximum absolute atomic E-state index is 10.6. The van der Waals surface area contributed by atoms with Gasteiger partial charge in [0.25, 0.3) is 0 Å². The summed E-state index contributed by atoms with van der Waals surface area (Å²) in [5.41, 5.74) is 2.36. The molecule has 1 N–H and O–H groups in total. The number of aliphatic hydroxyl groups excluding tert-OH is 1. The SMILES string of the molecule is O=CBN1C[C@@H](CO)Cc2ccccc21. The van der Waals surface area contributed by atoms with Crippen LogP contribution in [0.25, 0.3) is 0 Å². The molecule has 78 valence electrons. The lowest BCUT2D eigenvalue weighted by Gasteiger charge is -2.34. The molecule has 3 nitrogen and oxygen atoms in total. The minimum Gasteiger partial charge on any atom is -0.411 e. The van der Waals surface area contributed by atoms with Crippen molar-refractivity contribution in [1.29, 1.82) is 0 Å². The minimum atomic E-state index is 0.184. The quantitative estimate of drug-likeness (QED) is 0.563. The van der Waals surface area contributed by atoms with Crippen LogP contribution in [0.2, 0.25) is 0 Å². The molecule has 0 aromatic heterocycles. The normalized spacial score (nSPS) is 19.5. The van der Waals surface area contributed by atoms with Crippen molar-refractivity contribution < 1.29 is 9.90 Å². The van der Waals surface area contributed by atoms with Crippen molar-refractivity contribution in [3.63, 3.8) is 0 Å². The number of rotatable bonds is 3. The predicted molar refractivity (Wildman–Crippen MR) is 62.0 cm³/mol. The zero-order chi connectivity index (χ0) is 10.7. The first-order chi connectivity index (χ1) is 7.35. The summed E-state index contributed by atoms with van der Waals surface area (Å²) >= 11 is 0. The molecular formula is C11H14BNO2. The number of carbonyl (C=O) groups excluding carboxylic acids is 1. The highest BCUT2D eigenvalue weighted by Gasteiger charge is 2.23.